The van der Waals surface area contributed by atoms with Crippen molar-refractivity contribution in [1.82, 2.24) is 0 Å². The van der Waals surface area contributed by atoms with Gasteiger partial charge in [-0.05, 0) is 35.4 Å². The van der Waals surface area contributed by atoms with Gasteiger partial charge >= 0.3 is 16.1 Å². The molecule has 0 bridgehead atoms. The summed E-state index contributed by atoms with van der Waals surface area (Å²) in [6.07, 6.45) is 0. The second-order valence-electron chi connectivity index (χ2n) is 6.22. The van der Waals surface area contributed by atoms with E-state index in [9.17, 15) is 13.2 Å². The number of methoxy groups -OCH3 is 1. The van der Waals surface area contributed by atoms with Gasteiger partial charge in [-0.3, -0.25) is 4.28 Å². The Bertz CT molecular complexity index is 1150. The normalized spacial score (nSPS) is 12.0. The van der Waals surface area contributed by atoms with Crippen LogP contribution in [0.1, 0.15) is 11.1 Å². The van der Waals surface area contributed by atoms with E-state index in [1.165, 1.54) is 7.11 Å². The number of thioether (sulfide) groups is 1. The maximum absolute atomic E-state index is 12.5. The Morgan fingerprint density at radius 1 is 1.00 bits per heavy atom. The van der Waals surface area contributed by atoms with Crippen LogP contribution in [0.3, 0.4) is 0 Å². The summed E-state index contributed by atoms with van der Waals surface area (Å²) in [6.45, 7) is 1.94. The van der Waals surface area contributed by atoms with Crippen molar-refractivity contribution in [3.8, 4) is 0 Å². The molecule has 0 unspecified atom stereocenters. The number of rotatable bonds is 5. The van der Waals surface area contributed by atoms with Crippen LogP contribution < -0.4 is 0 Å². The van der Waals surface area contributed by atoms with Crippen molar-refractivity contribution < 1.29 is 22.2 Å². The molecule has 150 valence electrons. The van der Waals surface area contributed by atoms with E-state index in [0.29, 0.717) is 10.5 Å². The lowest BCUT2D eigenvalue weighted by Crippen LogP contribution is -2.15. The molecule has 0 heterocycles. The van der Waals surface area contributed by atoms with E-state index in [-0.39, 0.29) is 10.8 Å². The van der Waals surface area contributed by atoms with Crippen LogP contribution >= 0.6 is 11.8 Å². The number of oxime groups is 1. The molecule has 0 aliphatic rings. The average Bonchev–Trinajstić information content (AvgIpc) is 2.72. The summed E-state index contributed by atoms with van der Waals surface area (Å²) < 4.78 is 34.4. The van der Waals surface area contributed by atoms with Gasteiger partial charge in [0.25, 0.3) is 0 Å². The lowest BCUT2D eigenvalue weighted by Gasteiger charge is -2.07. The highest BCUT2D eigenvalue weighted by molar-refractivity contribution is 8.15. The zero-order valence-electron chi connectivity index (χ0n) is 15.9. The van der Waals surface area contributed by atoms with Gasteiger partial charge in [-0.2, -0.15) is 8.42 Å². The third-order valence-corrected chi connectivity index (χ3v) is 5.95. The van der Waals surface area contributed by atoms with Crippen molar-refractivity contribution in [3.63, 3.8) is 0 Å². The van der Waals surface area contributed by atoms with E-state index in [1.807, 2.05) is 49.4 Å². The first kappa shape index (κ1) is 20.9. The highest BCUT2D eigenvalue weighted by atomic mass is 32.2. The Kier molecular flexibility index (Phi) is 6.56. The highest BCUT2D eigenvalue weighted by Gasteiger charge is 2.20. The average molecular weight is 430 g/mol. The van der Waals surface area contributed by atoms with Crippen LogP contribution in [0.25, 0.3) is 10.8 Å². The second-order valence-corrected chi connectivity index (χ2v) is 8.83. The molecular weight excluding hydrogens is 410 g/mol. The van der Waals surface area contributed by atoms with Crippen molar-refractivity contribution in [2.45, 2.75) is 17.6 Å². The van der Waals surface area contributed by atoms with Crippen LogP contribution in [0.5, 0.6) is 0 Å². The first-order valence-corrected chi connectivity index (χ1v) is 11.1. The van der Waals surface area contributed by atoms with Crippen molar-refractivity contribution in [2.75, 3.05) is 7.11 Å². The summed E-state index contributed by atoms with van der Waals surface area (Å²) in [7, 11) is -2.88. The summed E-state index contributed by atoms with van der Waals surface area (Å²) >= 11 is 0.966. The van der Waals surface area contributed by atoms with E-state index in [4.69, 9.17) is 4.28 Å². The molecule has 0 aromatic heterocycles. The molecule has 0 aliphatic heterocycles. The van der Waals surface area contributed by atoms with Crippen LogP contribution in [0.2, 0.25) is 0 Å². The second kappa shape index (κ2) is 9.11. The fraction of sp³-hybridized carbons (Fsp3) is 0.143. The minimum Gasteiger partial charge on any atom is -0.464 e. The number of hydrogen-bond donors (Lipinski definition) is 0. The minimum atomic E-state index is -4.07. The predicted octanol–water partition coefficient (Wildman–Crippen LogP) is 4.27. The summed E-state index contributed by atoms with van der Waals surface area (Å²) in [4.78, 5) is 12.7. The molecule has 8 heteroatoms. The molecule has 0 aliphatic carbocycles. The number of nitrogens with zero attached hydrogens (tertiary/aromatic N) is 1. The van der Waals surface area contributed by atoms with E-state index in [1.54, 1.807) is 24.3 Å². The van der Waals surface area contributed by atoms with Gasteiger partial charge in [-0.1, -0.05) is 77.1 Å². The van der Waals surface area contributed by atoms with Gasteiger partial charge in [0.15, 0.2) is 0 Å². The first-order valence-electron chi connectivity index (χ1n) is 8.67. The van der Waals surface area contributed by atoms with E-state index >= 15 is 0 Å². The molecular formula is C21H19NO5S2. The van der Waals surface area contributed by atoms with Crippen LogP contribution in [-0.2, 0) is 29.7 Å². The molecule has 6 nitrogen and oxygen atoms in total. The Morgan fingerprint density at radius 2 is 1.69 bits per heavy atom. The quantitative estimate of drug-likeness (QED) is 0.198. The van der Waals surface area contributed by atoms with E-state index < -0.39 is 16.1 Å². The lowest BCUT2D eigenvalue weighted by molar-refractivity contribution is -0.132. The topological polar surface area (TPSA) is 82.0 Å². The number of esters is 1. The van der Waals surface area contributed by atoms with Gasteiger partial charge in [-0.25, -0.2) is 4.79 Å². The molecule has 0 radical (unpaired) electrons. The molecule has 3 rings (SSSR count). The summed E-state index contributed by atoms with van der Waals surface area (Å²) in [5.41, 5.74) is 1.64. The Hall–Kier alpha value is -2.84. The summed E-state index contributed by atoms with van der Waals surface area (Å²) in [5, 5.41) is 5.11. The molecule has 3 aromatic carbocycles. The van der Waals surface area contributed by atoms with Crippen LogP contribution in [0.15, 0.2) is 76.8 Å². The van der Waals surface area contributed by atoms with Gasteiger partial charge < -0.3 is 4.74 Å². The molecule has 29 heavy (non-hydrogen) atoms. The molecule has 0 fully saturated rings. The Morgan fingerprint density at radius 3 is 2.41 bits per heavy atom. The van der Waals surface area contributed by atoms with Crippen LogP contribution in [-0.4, -0.2) is 26.5 Å². The maximum Gasteiger partial charge on any atom is 0.367 e. The number of aryl methyl sites for hydroxylation is 1. The number of benzene rings is 3. The van der Waals surface area contributed by atoms with Crippen molar-refractivity contribution >= 4 is 43.7 Å². The molecule has 0 spiro atoms. The van der Waals surface area contributed by atoms with Gasteiger partial charge in [-0.15, -0.1) is 0 Å². The number of fused-ring (bicyclic) bond motifs is 1. The molecule has 0 amide bonds. The third-order valence-electron chi connectivity index (χ3n) is 4.04. The molecule has 0 saturated carbocycles. The van der Waals surface area contributed by atoms with E-state index in [0.717, 1.165) is 28.1 Å². The summed E-state index contributed by atoms with van der Waals surface area (Å²) in [6, 6.07) is 20.2. The molecule has 0 N–H and O–H groups in total. The van der Waals surface area contributed by atoms with Crippen molar-refractivity contribution in [2.24, 2.45) is 5.16 Å². The third kappa shape index (κ3) is 5.58. The van der Waals surface area contributed by atoms with E-state index in [2.05, 4.69) is 9.89 Å². The standard InChI is InChI=1S/C21H19NO5S2/c1-15-10-12-18(13-11-15)28-20(21(23)26-2)22-27-29(24,25)14-17-8-5-7-16-6-3-4-9-19(16)17/h3-13H,14H2,1-2H3/b22-20-. The molecule has 0 saturated heterocycles. The number of ether oxygens (including phenoxy) is 1. The zero-order valence-corrected chi connectivity index (χ0v) is 17.5. The zero-order chi connectivity index (χ0) is 20.9. The fourth-order valence-electron chi connectivity index (χ4n) is 2.63. The van der Waals surface area contributed by atoms with Crippen molar-refractivity contribution in [3.05, 3.63) is 77.9 Å². The smallest absolute Gasteiger partial charge is 0.367 e. The van der Waals surface area contributed by atoms with Crippen LogP contribution in [0, 0.1) is 6.92 Å². The van der Waals surface area contributed by atoms with Crippen molar-refractivity contribution in [1.29, 1.82) is 0 Å². The largest absolute Gasteiger partial charge is 0.464 e. The molecule has 0 atom stereocenters. The van der Waals surface area contributed by atoms with Crippen LogP contribution in [0.4, 0.5) is 0 Å². The summed E-state index contributed by atoms with van der Waals surface area (Å²) in [5.74, 6) is -1.16. The van der Waals surface area contributed by atoms with Gasteiger partial charge in [0.2, 0.25) is 5.04 Å². The number of carbonyl (C=O) groups excluding carboxylic acids is 1. The Balaban J connectivity index is 1.81. The maximum atomic E-state index is 12.5. The first-order chi connectivity index (χ1) is 13.9. The van der Waals surface area contributed by atoms with Gasteiger partial charge in [0, 0.05) is 4.90 Å². The predicted molar refractivity (Wildman–Crippen MR) is 114 cm³/mol. The van der Waals surface area contributed by atoms with Gasteiger partial charge in [0.1, 0.15) is 5.75 Å². The Labute approximate surface area is 173 Å². The number of hydrogen-bond acceptors (Lipinski definition) is 7. The fourth-order valence-corrected chi connectivity index (χ4v) is 4.29. The van der Waals surface area contributed by atoms with Gasteiger partial charge in [0.05, 0.1) is 7.11 Å². The minimum absolute atomic E-state index is 0.210. The molecule has 3 aromatic rings. The SMILES string of the molecule is COC(=O)/C(=N/OS(=O)(=O)Cc1cccc2ccccc12)Sc1ccc(C)cc1. The lowest BCUT2D eigenvalue weighted by atomic mass is 10.1. The number of carbonyl (C=O) groups is 1. The highest BCUT2D eigenvalue weighted by Crippen LogP contribution is 2.23. The monoisotopic (exact) mass is 429 g/mol.